The lowest BCUT2D eigenvalue weighted by atomic mass is 9.82. The van der Waals surface area contributed by atoms with E-state index in [4.69, 9.17) is 9.47 Å². The summed E-state index contributed by atoms with van der Waals surface area (Å²) in [7, 11) is 0. The predicted octanol–water partition coefficient (Wildman–Crippen LogP) is 20.1. The summed E-state index contributed by atoms with van der Waals surface area (Å²) in [4.78, 5) is 29.5. The molecule has 0 radical (unpaired) electrons. The topological polar surface area (TPSA) is 70.4 Å². The van der Waals surface area contributed by atoms with E-state index in [9.17, 15) is 9.59 Å². The highest BCUT2D eigenvalue weighted by atomic mass is 16.5. The number of rotatable bonds is 54. The van der Waals surface area contributed by atoms with Gasteiger partial charge in [0.1, 0.15) is 0 Å². The van der Waals surface area contributed by atoms with Gasteiger partial charge in [0, 0.05) is 31.8 Å². The van der Waals surface area contributed by atoms with Crippen molar-refractivity contribution in [3.05, 3.63) is 18.7 Å². The molecule has 0 amide bonds. The molecule has 1 heterocycles. The van der Waals surface area contributed by atoms with Crippen LogP contribution in [0.1, 0.15) is 324 Å². The van der Waals surface area contributed by atoms with Crippen LogP contribution in [0.25, 0.3) is 0 Å². The third-order valence-electron chi connectivity index (χ3n) is 15.3. The van der Waals surface area contributed by atoms with Crippen molar-refractivity contribution in [2.75, 3.05) is 13.2 Å². The summed E-state index contributed by atoms with van der Waals surface area (Å²) >= 11 is 0. The van der Waals surface area contributed by atoms with E-state index < -0.39 is 0 Å². The Labute approximate surface area is 424 Å². The summed E-state index contributed by atoms with van der Waals surface area (Å²) in [6.45, 7) is 13.7. The molecule has 0 aromatic carbocycles. The molecule has 0 bridgehead atoms. The molecule has 0 saturated heterocycles. The lowest BCUT2D eigenvalue weighted by Gasteiger charge is -2.24. The van der Waals surface area contributed by atoms with Crippen molar-refractivity contribution < 1.29 is 19.1 Å². The third-order valence-corrected chi connectivity index (χ3v) is 15.3. The Bertz CT molecular complexity index is 1120. The maximum absolute atomic E-state index is 12.6. The number of hydrogen-bond acceptors (Lipinski definition) is 5. The molecule has 1 aromatic rings. The number of carbonyl (C=O) groups excluding carboxylic acids is 2. The van der Waals surface area contributed by atoms with E-state index >= 15 is 0 Å². The van der Waals surface area contributed by atoms with Crippen molar-refractivity contribution in [3.8, 4) is 0 Å². The number of esters is 2. The average Bonchev–Trinajstić information content (AvgIpc) is 3.87. The molecule has 1 rings (SSSR count). The van der Waals surface area contributed by atoms with Gasteiger partial charge in [-0.1, -0.05) is 259 Å². The average molecular weight is 956 g/mol. The molecule has 3 unspecified atom stereocenters. The van der Waals surface area contributed by atoms with Crippen molar-refractivity contribution in [2.24, 2.45) is 23.7 Å². The third kappa shape index (κ3) is 41.9. The number of aryl methyl sites for hydroxylation is 1. The molecule has 3 atom stereocenters. The molecule has 6 heteroatoms. The zero-order valence-electron chi connectivity index (χ0n) is 46.5. The SMILES string of the molecule is CCCCCCCCCC(CCCCCn1ccnc1)CC(CCCCCCCCC(=O)OCC(CCCC)CCCCCC)CCCCCCCCC(=O)OCC(CCCC)CCCCCC. The summed E-state index contributed by atoms with van der Waals surface area (Å²) in [6.07, 6.45) is 62.7. The van der Waals surface area contributed by atoms with Crippen LogP contribution in [0.4, 0.5) is 0 Å². The molecule has 0 spiro atoms. The second kappa shape index (κ2) is 50.1. The Balaban J connectivity index is 2.59. The summed E-state index contributed by atoms with van der Waals surface area (Å²) in [5, 5.41) is 0. The summed E-state index contributed by atoms with van der Waals surface area (Å²) < 4.78 is 13.9. The van der Waals surface area contributed by atoms with Gasteiger partial charge in [0.2, 0.25) is 0 Å². The van der Waals surface area contributed by atoms with Gasteiger partial charge in [-0.05, 0) is 75.0 Å². The number of unbranched alkanes of at least 4 members (excludes halogenated alkanes) is 26. The monoisotopic (exact) mass is 955 g/mol. The predicted molar refractivity (Wildman–Crippen MR) is 294 cm³/mol. The van der Waals surface area contributed by atoms with Crippen LogP contribution in [0, 0.1) is 23.7 Å². The Morgan fingerprint density at radius 1 is 0.382 bits per heavy atom. The first kappa shape index (κ1) is 64.2. The maximum Gasteiger partial charge on any atom is 0.305 e. The van der Waals surface area contributed by atoms with Crippen molar-refractivity contribution >= 4 is 11.9 Å². The van der Waals surface area contributed by atoms with Crippen molar-refractivity contribution in [3.63, 3.8) is 0 Å². The van der Waals surface area contributed by atoms with E-state index in [1.807, 2.05) is 12.5 Å². The van der Waals surface area contributed by atoms with E-state index in [0.29, 0.717) is 37.9 Å². The first-order valence-electron chi connectivity index (χ1n) is 30.7. The molecule has 0 N–H and O–H groups in total. The van der Waals surface area contributed by atoms with Crippen LogP contribution < -0.4 is 0 Å². The van der Waals surface area contributed by atoms with Crippen LogP contribution in [0.3, 0.4) is 0 Å². The van der Waals surface area contributed by atoms with Gasteiger partial charge < -0.3 is 14.0 Å². The maximum atomic E-state index is 12.6. The minimum absolute atomic E-state index is 0.0294. The molecule has 0 fully saturated rings. The minimum Gasteiger partial charge on any atom is -0.465 e. The van der Waals surface area contributed by atoms with Gasteiger partial charge in [0.25, 0.3) is 0 Å². The second-order valence-corrected chi connectivity index (χ2v) is 21.9. The first-order chi connectivity index (χ1) is 33.4. The molecule has 0 aliphatic heterocycles. The van der Waals surface area contributed by atoms with Crippen LogP contribution >= 0.6 is 0 Å². The molecule has 0 aliphatic rings. The molecular formula is C62H118N2O4. The Hall–Kier alpha value is -1.85. The van der Waals surface area contributed by atoms with E-state index in [-0.39, 0.29) is 11.9 Å². The van der Waals surface area contributed by atoms with Gasteiger partial charge >= 0.3 is 11.9 Å². The molecule has 0 saturated carbocycles. The fourth-order valence-corrected chi connectivity index (χ4v) is 10.7. The number of nitrogens with zero attached hydrogens (tertiary/aromatic N) is 2. The quantitative estimate of drug-likeness (QED) is 0.0481. The first-order valence-corrected chi connectivity index (χ1v) is 30.7. The lowest BCUT2D eigenvalue weighted by Crippen LogP contribution is -2.14. The summed E-state index contributed by atoms with van der Waals surface area (Å²) in [5.41, 5.74) is 0. The normalized spacial score (nSPS) is 13.4. The van der Waals surface area contributed by atoms with Crippen molar-refractivity contribution in [1.29, 1.82) is 0 Å². The molecular weight excluding hydrogens is 837 g/mol. The minimum atomic E-state index is 0.0294. The van der Waals surface area contributed by atoms with Gasteiger partial charge in [0.15, 0.2) is 0 Å². The number of imidazole rings is 1. The zero-order chi connectivity index (χ0) is 49.2. The number of hydrogen-bond donors (Lipinski definition) is 0. The number of ether oxygens (including phenoxy) is 2. The smallest absolute Gasteiger partial charge is 0.305 e. The Morgan fingerprint density at radius 3 is 1.06 bits per heavy atom. The fraction of sp³-hybridized carbons (Fsp3) is 0.919. The molecule has 1 aromatic heterocycles. The fourth-order valence-electron chi connectivity index (χ4n) is 10.7. The summed E-state index contributed by atoms with van der Waals surface area (Å²) in [5.74, 6) is 2.87. The van der Waals surface area contributed by atoms with Gasteiger partial charge in [0.05, 0.1) is 19.5 Å². The van der Waals surface area contributed by atoms with Crippen LogP contribution in [-0.2, 0) is 25.6 Å². The lowest BCUT2D eigenvalue weighted by molar-refractivity contribution is -0.146. The molecule has 0 aliphatic carbocycles. The summed E-state index contributed by atoms with van der Waals surface area (Å²) in [6, 6.07) is 0. The Morgan fingerprint density at radius 2 is 0.691 bits per heavy atom. The van der Waals surface area contributed by atoms with Crippen LogP contribution in [-0.4, -0.2) is 34.7 Å². The molecule has 400 valence electrons. The van der Waals surface area contributed by atoms with Gasteiger partial charge in [-0.3, -0.25) is 9.59 Å². The second-order valence-electron chi connectivity index (χ2n) is 21.9. The molecule has 68 heavy (non-hydrogen) atoms. The standard InChI is InChI=1S/C62H118N2O4/c1-6-11-16-19-20-25-33-44-58(45-36-30-39-51-64-52-50-63-56-64)53-57(42-34-26-21-23-28-37-48-61(65)67-54-59(40-14-9-4)46-31-17-12-7-2)43-35-27-22-24-29-38-49-62(66)68-55-60(41-15-10-5)47-32-18-13-8-3/h50,52,56-60H,6-49,51,53-55H2,1-5H3. The van der Waals surface area contributed by atoms with E-state index in [2.05, 4.69) is 50.4 Å². The van der Waals surface area contributed by atoms with E-state index in [0.717, 1.165) is 44.1 Å². The highest BCUT2D eigenvalue weighted by Gasteiger charge is 2.18. The Kier molecular flexibility index (Phi) is 47.3. The highest BCUT2D eigenvalue weighted by molar-refractivity contribution is 5.69. The number of aromatic nitrogens is 2. The van der Waals surface area contributed by atoms with Gasteiger partial charge in [-0.2, -0.15) is 0 Å². The van der Waals surface area contributed by atoms with E-state index in [1.165, 1.54) is 250 Å². The van der Waals surface area contributed by atoms with Crippen molar-refractivity contribution in [1.82, 2.24) is 9.55 Å². The van der Waals surface area contributed by atoms with Gasteiger partial charge in [-0.25, -0.2) is 4.98 Å². The number of carbonyl (C=O) groups is 2. The largest absolute Gasteiger partial charge is 0.465 e. The highest BCUT2D eigenvalue weighted by Crippen LogP contribution is 2.31. The van der Waals surface area contributed by atoms with E-state index in [1.54, 1.807) is 0 Å². The molecule has 6 nitrogen and oxygen atoms in total. The van der Waals surface area contributed by atoms with Crippen LogP contribution in [0.2, 0.25) is 0 Å². The zero-order valence-corrected chi connectivity index (χ0v) is 46.5. The van der Waals surface area contributed by atoms with Crippen LogP contribution in [0.5, 0.6) is 0 Å². The van der Waals surface area contributed by atoms with Crippen molar-refractivity contribution in [2.45, 2.75) is 330 Å². The van der Waals surface area contributed by atoms with Crippen LogP contribution in [0.15, 0.2) is 18.7 Å². The van der Waals surface area contributed by atoms with Gasteiger partial charge in [-0.15, -0.1) is 0 Å².